The van der Waals surface area contributed by atoms with Crippen LogP contribution in [0.4, 0.5) is 0 Å². The van der Waals surface area contributed by atoms with E-state index in [1.807, 2.05) is 0 Å². The lowest BCUT2D eigenvalue weighted by molar-refractivity contribution is 0.335. The summed E-state index contributed by atoms with van der Waals surface area (Å²) in [5.74, 6) is -12.6. The summed E-state index contributed by atoms with van der Waals surface area (Å²) >= 11 is 0. The van der Waals surface area contributed by atoms with Gasteiger partial charge in [0.15, 0.2) is 68.8 Å². The third kappa shape index (κ3) is 5.96. The zero-order chi connectivity index (χ0) is 38.7. The SMILES string of the molecule is Oc1cc(O)c(Oc2c(O)cc(Oc3cc4oc5c(O)c(Oc6cc(O)c(Oc7c(O)cc(O)cc7O)c(O)c6)c(O)cc5c4cc3O)cc2O)c(O)c1. The first-order valence-electron chi connectivity index (χ1n) is 15.0. The Kier molecular flexibility index (Phi) is 7.91. The lowest BCUT2D eigenvalue weighted by Gasteiger charge is -2.15. The summed E-state index contributed by atoms with van der Waals surface area (Å²) in [5.41, 5.74) is -0.257. The lowest BCUT2D eigenvalue weighted by atomic mass is 10.1. The molecule has 0 aliphatic rings. The zero-order valence-electron chi connectivity index (χ0n) is 26.7. The summed E-state index contributed by atoms with van der Waals surface area (Å²) < 4.78 is 27.5. The predicted octanol–water partition coefficient (Wildman–Crippen LogP) is 6.93. The number of fused-ring (bicyclic) bond motifs is 3. The molecule has 0 fully saturated rings. The summed E-state index contributed by atoms with van der Waals surface area (Å²) in [7, 11) is 0. The Labute approximate surface area is 299 Å². The molecule has 1 aromatic heterocycles. The van der Waals surface area contributed by atoms with Gasteiger partial charge in [-0.25, -0.2) is 0 Å². The normalized spacial score (nSPS) is 11.2. The quantitative estimate of drug-likeness (QED) is 0.0750. The van der Waals surface area contributed by atoms with Gasteiger partial charge in [0.25, 0.3) is 0 Å². The first-order chi connectivity index (χ1) is 25.6. The van der Waals surface area contributed by atoms with Crippen molar-refractivity contribution in [3.8, 4) is 121 Å². The molecule has 6 aromatic carbocycles. The Morgan fingerprint density at radius 1 is 0.333 bits per heavy atom. The van der Waals surface area contributed by atoms with Crippen molar-refractivity contribution in [2.75, 3.05) is 0 Å². The molecule has 0 aliphatic carbocycles. The van der Waals surface area contributed by atoms with Crippen molar-refractivity contribution in [1.29, 1.82) is 0 Å². The molecule has 54 heavy (non-hydrogen) atoms. The average Bonchev–Trinajstić information content (AvgIpc) is 3.41. The smallest absolute Gasteiger partial charge is 0.214 e. The Balaban J connectivity index is 1.17. The van der Waals surface area contributed by atoms with Crippen LogP contribution in [0.2, 0.25) is 0 Å². The molecule has 1 heterocycles. The highest BCUT2D eigenvalue weighted by Crippen LogP contribution is 2.53. The average molecular weight is 745 g/mol. The van der Waals surface area contributed by atoms with E-state index in [1.54, 1.807) is 0 Å². The Hall–Kier alpha value is -8.28. The van der Waals surface area contributed by atoms with Gasteiger partial charge in [-0.1, -0.05) is 0 Å². The van der Waals surface area contributed by atoms with E-state index < -0.39 is 103 Å². The maximum absolute atomic E-state index is 11.1. The molecule has 0 saturated carbocycles. The first-order valence-corrected chi connectivity index (χ1v) is 15.0. The van der Waals surface area contributed by atoms with Crippen LogP contribution in [-0.4, -0.2) is 66.4 Å². The molecule has 0 atom stereocenters. The third-order valence-electron chi connectivity index (χ3n) is 7.72. The van der Waals surface area contributed by atoms with Gasteiger partial charge in [0, 0.05) is 65.4 Å². The largest absolute Gasteiger partial charge is 0.508 e. The number of furan rings is 1. The van der Waals surface area contributed by atoms with Crippen LogP contribution in [0, 0.1) is 0 Å². The van der Waals surface area contributed by atoms with Crippen molar-refractivity contribution < 1.29 is 89.7 Å². The van der Waals surface area contributed by atoms with Crippen LogP contribution in [0.15, 0.2) is 71.1 Å². The summed E-state index contributed by atoms with van der Waals surface area (Å²) in [6.07, 6.45) is 0. The fourth-order valence-corrected chi connectivity index (χ4v) is 5.36. The summed E-state index contributed by atoms with van der Waals surface area (Å²) in [6.45, 7) is 0. The molecular weight excluding hydrogens is 720 g/mol. The van der Waals surface area contributed by atoms with Crippen molar-refractivity contribution in [3.05, 3.63) is 66.7 Å². The maximum Gasteiger partial charge on any atom is 0.214 e. The Morgan fingerprint density at radius 2 is 0.704 bits per heavy atom. The number of ether oxygens (including phenoxy) is 4. The number of phenols is 13. The minimum absolute atomic E-state index is 0.00569. The zero-order valence-corrected chi connectivity index (χ0v) is 26.7. The monoisotopic (exact) mass is 744 g/mol. The topological polar surface area (TPSA) is 313 Å². The number of rotatable bonds is 8. The highest BCUT2D eigenvalue weighted by Gasteiger charge is 2.25. The highest BCUT2D eigenvalue weighted by molar-refractivity contribution is 6.09. The fraction of sp³-hybridized carbons (Fsp3) is 0. The van der Waals surface area contributed by atoms with Gasteiger partial charge < -0.3 is 89.7 Å². The number of hydrogen-bond donors (Lipinski definition) is 13. The summed E-state index contributed by atoms with van der Waals surface area (Å²) in [6, 6.07) is 10.6. The second kappa shape index (κ2) is 12.5. The van der Waals surface area contributed by atoms with Gasteiger partial charge in [-0.3, -0.25) is 0 Å². The van der Waals surface area contributed by atoms with Gasteiger partial charge >= 0.3 is 0 Å². The van der Waals surface area contributed by atoms with Crippen LogP contribution < -0.4 is 18.9 Å². The van der Waals surface area contributed by atoms with Crippen LogP contribution in [0.5, 0.6) is 121 Å². The minimum Gasteiger partial charge on any atom is -0.508 e. The molecule has 18 heteroatoms. The standard InChI is InChI=1S/C36H24O18/c37-12-1-19(40)32(20(41)2-12)53-34-23(44)5-14(6-24(34)45)50-29-11-28-16(9-18(29)39)17-10-27(48)36(30(49)31(17)52-28)51-15-7-25(46)35(26(47)8-15)54-33-21(42)3-13(38)4-22(33)43/h1-11,37-49H. The van der Waals surface area contributed by atoms with Crippen molar-refractivity contribution in [1.82, 2.24) is 0 Å². The Morgan fingerprint density at radius 3 is 1.15 bits per heavy atom. The van der Waals surface area contributed by atoms with Crippen LogP contribution >= 0.6 is 0 Å². The van der Waals surface area contributed by atoms with E-state index in [2.05, 4.69) is 0 Å². The van der Waals surface area contributed by atoms with Crippen molar-refractivity contribution in [3.63, 3.8) is 0 Å². The third-order valence-corrected chi connectivity index (χ3v) is 7.72. The second-order valence-corrected chi connectivity index (χ2v) is 11.5. The van der Waals surface area contributed by atoms with Crippen molar-refractivity contribution in [2.24, 2.45) is 0 Å². The molecule has 0 amide bonds. The number of phenolic OH excluding ortho intramolecular Hbond substituents is 13. The Bertz CT molecular complexity index is 2570. The van der Waals surface area contributed by atoms with Crippen molar-refractivity contribution in [2.45, 2.75) is 0 Å². The molecule has 0 bridgehead atoms. The van der Waals surface area contributed by atoms with Gasteiger partial charge in [-0.05, 0) is 12.1 Å². The molecule has 0 saturated heterocycles. The van der Waals surface area contributed by atoms with E-state index in [0.717, 1.165) is 54.6 Å². The van der Waals surface area contributed by atoms with Crippen LogP contribution in [0.3, 0.4) is 0 Å². The molecular formula is C36H24O18. The van der Waals surface area contributed by atoms with Gasteiger partial charge in [0.05, 0.1) is 0 Å². The van der Waals surface area contributed by atoms with Crippen LogP contribution in [-0.2, 0) is 0 Å². The molecule has 13 N–H and O–H groups in total. The van der Waals surface area contributed by atoms with Crippen LogP contribution in [0.25, 0.3) is 21.9 Å². The number of aromatic hydroxyl groups is 13. The van der Waals surface area contributed by atoms with Gasteiger partial charge in [-0.15, -0.1) is 0 Å². The number of benzene rings is 6. The minimum atomic E-state index is -0.775. The summed E-state index contributed by atoms with van der Waals surface area (Å²) in [4.78, 5) is 0. The molecule has 18 nitrogen and oxygen atoms in total. The maximum atomic E-state index is 11.1. The van der Waals surface area contributed by atoms with Crippen LogP contribution in [0.1, 0.15) is 0 Å². The van der Waals surface area contributed by atoms with E-state index in [9.17, 15) is 66.4 Å². The van der Waals surface area contributed by atoms with E-state index in [1.165, 1.54) is 12.1 Å². The molecule has 0 aliphatic heterocycles. The first kappa shape index (κ1) is 34.2. The molecule has 276 valence electrons. The summed E-state index contributed by atoms with van der Waals surface area (Å²) in [5, 5.41) is 134. The lowest BCUT2D eigenvalue weighted by Crippen LogP contribution is -1.91. The molecule has 0 unspecified atom stereocenters. The number of hydrogen-bond acceptors (Lipinski definition) is 18. The molecule has 7 rings (SSSR count). The molecule has 0 spiro atoms. The predicted molar refractivity (Wildman–Crippen MR) is 181 cm³/mol. The highest BCUT2D eigenvalue weighted by atomic mass is 16.5. The van der Waals surface area contributed by atoms with Gasteiger partial charge in [0.1, 0.15) is 28.6 Å². The van der Waals surface area contributed by atoms with E-state index in [0.29, 0.717) is 0 Å². The van der Waals surface area contributed by atoms with E-state index in [4.69, 9.17) is 23.4 Å². The van der Waals surface area contributed by atoms with Crippen molar-refractivity contribution >= 4 is 21.9 Å². The molecule has 0 radical (unpaired) electrons. The second-order valence-electron chi connectivity index (χ2n) is 11.5. The van der Waals surface area contributed by atoms with Gasteiger partial charge in [0.2, 0.25) is 34.5 Å². The van der Waals surface area contributed by atoms with E-state index >= 15 is 0 Å². The fourth-order valence-electron chi connectivity index (χ4n) is 5.36. The van der Waals surface area contributed by atoms with Gasteiger partial charge in [-0.2, -0.15) is 0 Å². The molecule has 7 aromatic rings. The van der Waals surface area contributed by atoms with E-state index in [-0.39, 0.29) is 39.2 Å².